The Bertz CT molecular complexity index is 619. The van der Waals surface area contributed by atoms with Crippen LogP contribution in [0.25, 0.3) is 0 Å². The first-order valence-corrected chi connectivity index (χ1v) is 6.17. The fourth-order valence-corrected chi connectivity index (χ4v) is 1.70. The van der Waals surface area contributed by atoms with Crippen molar-refractivity contribution >= 4 is 5.97 Å². The summed E-state index contributed by atoms with van der Waals surface area (Å²) in [5.74, 6) is 0.696. The molecule has 0 bridgehead atoms. The van der Waals surface area contributed by atoms with Gasteiger partial charge in [-0.05, 0) is 12.1 Å². The highest BCUT2D eigenvalue weighted by molar-refractivity contribution is 5.85. The molecule has 6 nitrogen and oxygen atoms in total. The van der Waals surface area contributed by atoms with Crippen LogP contribution in [0.2, 0.25) is 0 Å². The molecule has 2 rings (SSSR count). The van der Waals surface area contributed by atoms with Gasteiger partial charge in [0, 0.05) is 18.2 Å². The Kier molecular flexibility index (Phi) is 4.61. The van der Waals surface area contributed by atoms with Crippen molar-refractivity contribution < 1.29 is 24.1 Å². The second kappa shape index (κ2) is 6.60. The number of aromatic carboxylic acids is 1. The molecule has 6 heteroatoms. The standard InChI is InChI=1S/C15H15NO5/c1-19-11-6-12(20-2)8-13(7-11)21-9-10-4-3-5-14(16-10)15(17)18/h3-8H,9H2,1-2H3,(H,17,18). The summed E-state index contributed by atoms with van der Waals surface area (Å²) in [5.41, 5.74) is 0.510. The molecule has 0 saturated heterocycles. The van der Waals surface area contributed by atoms with Crippen molar-refractivity contribution in [3.63, 3.8) is 0 Å². The third kappa shape index (κ3) is 3.85. The minimum Gasteiger partial charge on any atom is -0.496 e. The maximum Gasteiger partial charge on any atom is 0.354 e. The smallest absolute Gasteiger partial charge is 0.354 e. The summed E-state index contributed by atoms with van der Waals surface area (Å²) in [7, 11) is 3.10. The monoisotopic (exact) mass is 289 g/mol. The lowest BCUT2D eigenvalue weighted by Crippen LogP contribution is -2.05. The zero-order valence-corrected chi connectivity index (χ0v) is 11.7. The van der Waals surface area contributed by atoms with Crippen LogP contribution < -0.4 is 14.2 Å². The predicted octanol–water partition coefficient (Wildman–Crippen LogP) is 2.38. The van der Waals surface area contributed by atoms with Gasteiger partial charge in [0.05, 0.1) is 19.9 Å². The van der Waals surface area contributed by atoms with Gasteiger partial charge in [-0.15, -0.1) is 0 Å². The quantitative estimate of drug-likeness (QED) is 0.879. The van der Waals surface area contributed by atoms with E-state index in [9.17, 15) is 4.79 Å². The molecule has 1 heterocycles. The number of nitrogens with zero attached hydrogens (tertiary/aromatic N) is 1. The number of carboxylic acid groups (broad SMARTS) is 1. The van der Waals surface area contributed by atoms with Crippen LogP contribution in [0.3, 0.4) is 0 Å². The highest BCUT2D eigenvalue weighted by atomic mass is 16.5. The van der Waals surface area contributed by atoms with Crippen LogP contribution in [0.15, 0.2) is 36.4 Å². The van der Waals surface area contributed by atoms with Gasteiger partial charge in [0.2, 0.25) is 0 Å². The first-order valence-electron chi connectivity index (χ1n) is 6.17. The van der Waals surface area contributed by atoms with Gasteiger partial charge >= 0.3 is 5.97 Å². The van der Waals surface area contributed by atoms with Gasteiger partial charge in [-0.1, -0.05) is 6.07 Å². The maximum atomic E-state index is 10.9. The van der Waals surface area contributed by atoms with Crippen molar-refractivity contribution in [2.75, 3.05) is 14.2 Å². The Labute approximate surface area is 121 Å². The van der Waals surface area contributed by atoms with E-state index in [0.29, 0.717) is 22.9 Å². The summed E-state index contributed by atoms with van der Waals surface area (Å²) in [5, 5.41) is 8.89. The molecular weight excluding hydrogens is 274 g/mol. The average molecular weight is 289 g/mol. The lowest BCUT2D eigenvalue weighted by molar-refractivity contribution is 0.0690. The van der Waals surface area contributed by atoms with Crippen molar-refractivity contribution in [2.24, 2.45) is 0 Å². The van der Waals surface area contributed by atoms with Crippen molar-refractivity contribution in [2.45, 2.75) is 6.61 Å². The molecule has 0 aliphatic rings. The molecule has 2 aromatic rings. The van der Waals surface area contributed by atoms with E-state index in [1.165, 1.54) is 6.07 Å². The topological polar surface area (TPSA) is 77.9 Å². The Balaban J connectivity index is 2.12. The minimum atomic E-state index is -1.07. The van der Waals surface area contributed by atoms with Crippen molar-refractivity contribution in [3.8, 4) is 17.2 Å². The van der Waals surface area contributed by atoms with Gasteiger partial charge in [-0.2, -0.15) is 0 Å². The second-order valence-corrected chi connectivity index (χ2v) is 4.16. The normalized spacial score (nSPS) is 10.0. The average Bonchev–Trinajstić information content (AvgIpc) is 2.52. The number of hydrogen-bond acceptors (Lipinski definition) is 5. The van der Waals surface area contributed by atoms with Crippen LogP contribution in [0.5, 0.6) is 17.2 Å². The molecule has 0 spiro atoms. The number of methoxy groups -OCH3 is 2. The number of ether oxygens (including phenoxy) is 3. The number of carboxylic acids is 1. The fourth-order valence-electron chi connectivity index (χ4n) is 1.70. The van der Waals surface area contributed by atoms with Crippen LogP contribution in [0.4, 0.5) is 0 Å². The number of pyridine rings is 1. The molecule has 0 aliphatic carbocycles. The molecule has 1 aromatic heterocycles. The molecular formula is C15H15NO5. The lowest BCUT2D eigenvalue weighted by Gasteiger charge is -2.10. The van der Waals surface area contributed by atoms with E-state index in [4.69, 9.17) is 19.3 Å². The third-order valence-corrected chi connectivity index (χ3v) is 2.74. The molecule has 0 radical (unpaired) electrons. The van der Waals surface area contributed by atoms with Crippen molar-refractivity contribution in [1.82, 2.24) is 4.98 Å². The van der Waals surface area contributed by atoms with Crippen molar-refractivity contribution in [1.29, 1.82) is 0 Å². The van der Waals surface area contributed by atoms with E-state index in [0.717, 1.165) is 0 Å². The van der Waals surface area contributed by atoms with E-state index in [2.05, 4.69) is 4.98 Å². The molecule has 0 unspecified atom stereocenters. The summed E-state index contributed by atoms with van der Waals surface area (Å²) in [6, 6.07) is 9.91. The van der Waals surface area contributed by atoms with Gasteiger partial charge in [-0.3, -0.25) is 0 Å². The van der Waals surface area contributed by atoms with E-state index in [1.54, 1.807) is 44.6 Å². The van der Waals surface area contributed by atoms with E-state index in [-0.39, 0.29) is 12.3 Å². The third-order valence-electron chi connectivity index (χ3n) is 2.74. The first kappa shape index (κ1) is 14.6. The molecule has 0 fully saturated rings. The number of aromatic nitrogens is 1. The van der Waals surface area contributed by atoms with Crippen LogP contribution >= 0.6 is 0 Å². The SMILES string of the molecule is COc1cc(OC)cc(OCc2cccc(C(=O)O)n2)c1. The van der Waals surface area contributed by atoms with Crippen LogP contribution in [0, 0.1) is 0 Å². The van der Waals surface area contributed by atoms with Gasteiger partial charge in [-0.25, -0.2) is 9.78 Å². The zero-order valence-electron chi connectivity index (χ0n) is 11.7. The molecule has 0 atom stereocenters. The molecule has 0 aliphatic heterocycles. The summed E-state index contributed by atoms with van der Waals surface area (Å²) in [4.78, 5) is 14.8. The summed E-state index contributed by atoms with van der Waals surface area (Å²) in [6.07, 6.45) is 0. The van der Waals surface area contributed by atoms with Gasteiger partial charge in [0.25, 0.3) is 0 Å². The Hall–Kier alpha value is -2.76. The Morgan fingerprint density at radius 1 is 1.10 bits per heavy atom. The van der Waals surface area contributed by atoms with Gasteiger partial charge in [0.15, 0.2) is 0 Å². The lowest BCUT2D eigenvalue weighted by atomic mass is 10.3. The second-order valence-electron chi connectivity index (χ2n) is 4.16. The van der Waals surface area contributed by atoms with E-state index in [1.807, 2.05) is 0 Å². The fraction of sp³-hybridized carbons (Fsp3) is 0.200. The van der Waals surface area contributed by atoms with E-state index < -0.39 is 5.97 Å². The van der Waals surface area contributed by atoms with Crippen molar-refractivity contribution in [3.05, 3.63) is 47.8 Å². The molecule has 1 N–H and O–H groups in total. The van der Waals surface area contributed by atoms with E-state index >= 15 is 0 Å². The Morgan fingerprint density at radius 3 is 2.29 bits per heavy atom. The number of rotatable bonds is 6. The summed E-state index contributed by atoms with van der Waals surface area (Å²) in [6.45, 7) is 0.150. The number of carbonyl (C=O) groups is 1. The molecule has 1 aromatic carbocycles. The van der Waals surface area contributed by atoms with Crippen LogP contribution in [0.1, 0.15) is 16.2 Å². The minimum absolute atomic E-state index is 0.0145. The summed E-state index contributed by atoms with van der Waals surface area (Å²) < 4.78 is 15.9. The Morgan fingerprint density at radius 2 is 1.71 bits per heavy atom. The zero-order chi connectivity index (χ0) is 15.2. The number of benzene rings is 1. The summed E-state index contributed by atoms with van der Waals surface area (Å²) >= 11 is 0. The molecule has 0 amide bonds. The highest BCUT2D eigenvalue weighted by Crippen LogP contribution is 2.27. The van der Waals surface area contributed by atoms with Crippen LogP contribution in [-0.4, -0.2) is 30.3 Å². The number of hydrogen-bond donors (Lipinski definition) is 1. The molecule has 0 saturated carbocycles. The van der Waals surface area contributed by atoms with Gasteiger partial charge < -0.3 is 19.3 Å². The largest absolute Gasteiger partial charge is 0.496 e. The highest BCUT2D eigenvalue weighted by Gasteiger charge is 2.07. The van der Waals surface area contributed by atoms with Crippen LogP contribution in [-0.2, 0) is 6.61 Å². The molecule has 110 valence electrons. The molecule has 21 heavy (non-hydrogen) atoms. The van der Waals surface area contributed by atoms with Gasteiger partial charge in [0.1, 0.15) is 29.5 Å². The first-order chi connectivity index (χ1) is 10.1. The maximum absolute atomic E-state index is 10.9. The predicted molar refractivity (Wildman–Crippen MR) is 75.1 cm³/mol.